The summed E-state index contributed by atoms with van der Waals surface area (Å²) in [4.78, 5) is 26.1. The van der Waals surface area contributed by atoms with Gasteiger partial charge in [0.15, 0.2) is 0 Å². The average molecular weight is 361 g/mol. The summed E-state index contributed by atoms with van der Waals surface area (Å²) < 4.78 is 5.31. The molecule has 2 N–H and O–H groups in total. The lowest BCUT2D eigenvalue weighted by atomic mass is 10.2. The van der Waals surface area contributed by atoms with Crippen LogP contribution in [-0.2, 0) is 9.53 Å². The fraction of sp³-hybridized carbons (Fsp3) is 0.500. The molecule has 21 heavy (non-hydrogen) atoms. The second-order valence-electron chi connectivity index (χ2n) is 4.34. The molecule has 1 amide bonds. The highest BCUT2D eigenvalue weighted by molar-refractivity contribution is 9.10. The zero-order chi connectivity index (χ0) is 16.0. The van der Waals surface area contributed by atoms with Crippen molar-refractivity contribution in [1.82, 2.24) is 10.3 Å². The molecule has 1 aromatic heterocycles. The normalized spacial score (nSPS) is 11.8. The Kier molecular flexibility index (Phi) is 6.50. The van der Waals surface area contributed by atoms with Crippen molar-refractivity contribution in [1.29, 1.82) is 0 Å². The minimum absolute atomic E-state index is 0.0791. The summed E-state index contributed by atoms with van der Waals surface area (Å²) in [5, 5.41) is 16.4. The Hall–Kier alpha value is -1.74. The first-order valence-electron chi connectivity index (χ1n) is 6.21. The van der Waals surface area contributed by atoms with Gasteiger partial charge in [-0.1, -0.05) is 0 Å². The number of amides is 1. The van der Waals surface area contributed by atoms with Crippen molar-refractivity contribution in [3.05, 3.63) is 26.3 Å². The number of ether oxygens (including phenoxy) is 1. The van der Waals surface area contributed by atoms with Gasteiger partial charge in [0.1, 0.15) is 18.1 Å². The van der Waals surface area contributed by atoms with Gasteiger partial charge in [-0.05, 0) is 29.8 Å². The number of halogens is 1. The smallest absolute Gasteiger partial charge is 0.291 e. The molecule has 1 aromatic rings. The summed E-state index contributed by atoms with van der Waals surface area (Å²) in [6.45, 7) is 4.12. The number of carbonyl (C=O) groups is 1. The molecule has 0 aliphatic heterocycles. The van der Waals surface area contributed by atoms with Crippen LogP contribution >= 0.6 is 15.9 Å². The third-order valence-electron chi connectivity index (χ3n) is 2.79. The van der Waals surface area contributed by atoms with Gasteiger partial charge in [-0.15, -0.1) is 0 Å². The van der Waals surface area contributed by atoms with Crippen molar-refractivity contribution in [2.24, 2.45) is 0 Å². The standard InChI is InChI=1S/C12H17BrN4O4/c1-7-9(17(19)20)6-15-11(10(7)13)16-8(2)12(18)14-4-5-21-3/h6,8H,4-5H2,1-3H3,(H,14,18)(H,15,16). The van der Waals surface area contributed by atoms with Crippen molar-refractivity contribution in [2.75, 3.05) is 25.6 Å². The molecule has 8 nitrogen and oxygen atoms in total. The Labute approximate surface area is 130 Å². The van der Waals surface area contributed by atoms with Gasteiger partial charge >= 0.3 is 0 Å². The minimum atomic E-state index is -0.536. The van der Waals surface area contributed by atoms with Crippen molar-refractivity contribution in [2.45, 2.75) is 19.9 Å². The number of rotatable bonds is 7. The maximum Gasteiger partial charge on any atom is 0.291 e. The maximum absolute atomic E-state index is 11.8. The van der Waals surface area contributed by atoms with Crippen molar-refractivity contribution in [3.63, 3.8) is 0 Å². The van der Waals surface area contributed by atoms with Crippen molar-refractivity contribution in [3.8, 4) is 0 Å². The molecule has 0 aromatic carbocycles. The number of hydrogen-bond acceptors (Lipinski definition) is 6. The third kappa shape index (κ3) is 4.64. The van der Waals surface area contributed by atoms with Crippen LogP contribution in [0.4, 0.5) is 11.5 Å². The molecule has 0 bridgehead atoms. The Morgan fingerprint density at radius 3 is 2.86 bits per heavy atom. The Morgan fingerprint density at radius 2 is 2.29 bits per heavy atom. The Balaban J connectivity index is 2.77. The van der Waals surface area contributed by atoms with Crippen LogP contribution in [0, 0.1) is 17.0 Å². The molecule has 1 unspecified atom stereocenters. The summed E-state index contributed by atoms with van der Waals surface area (Å²) in [7, 11) is 1.55. The number of nitrogens with one attached hydrogen (secondary N) is 2. The number of hydrogen-bond donors (Lipinski definition) is 2. The number of methoxy groups -OCH3 is 1. The predicted molar refractivity (Wildman–Crippen MR) is 81.3 cm³/mol. The molecular formula is C12H17BrN4O4. The van der Waals surface area contributed by atoms with E-state index in [1.807, 2.05) is 0 Å². The van der Waals surface area contributed by atoms with E-state index in [0.717, 1.165) is 6.20 Å². The van der Waals surface area contributed by atoms with Crippen LogP contribution < -0.4 is 10.6 Å². The Bertz CT molecular complexity index is 538. The predicted octanol–water partition coefficient (Wildman–Crippen LogP) is 1.62. The van der Waals surface area contributed by atoms with Crippen LogP contribution in [0.3, 0.4) is 0 Å². The highest BCUT2D eigenvalue weighted by Crippen LogP contribution is 2.30. The first kappa shape index (κ1) is 17.3. The van der Waals surface area contributed by atoms with Crippen molar-refractivity contribution < 1.29 is 14.5 Å². The monoisotopic (exact) mass is 360 g/mol. The zero-order valence-electron chi connectivity index (χ0n) is 12.0. The average Bonchev–Trinajstić information content (AvgIpc) is 2.43. The zero-order valence-corrected chi connectivity index (χ0v) is 13.6. The highest BCUT2D eigenvalue weighted by atomic mass is 79.9. The van der Waals surface area contributed by atoms with E-state index in [0.29, 0.717) is 29.0 Å². The van der Waals surface area contributed by atoms with Gasteiger partial charge < -0.3 is 15.4 Å². The lowest BCUT2D eigenvalue weighted by molar-refractivity contribution is -0.385. The van der Waals surface area contributed by atoms with E-state index < -0.39 is 11.0 Å². The summed E-state index contributed by atoms with van der Waals surface area (Å²) >= 11 is 3.26. The maximum atomic E-state index is 11.8. The van der Waals surface area contributed by atoms with E-state index >= 15 is 0 Å². The SMILES string of the molecule is COCCNC(=O)C(C)Nc1ncc([N+](=O)[O-])c(C)c1Br. The number of anilines is 1. The molecule has 1 atom stereocenters. The van der Waals surface area contributed by atoms with Crippen molar-refractivity contribution >= 4 is 33.3 Å². The molecule has 0 spiro atoms. The highest BCUT2D eigenvalue weighted by Gasteiger charge is 2.20. The molecule has 116 valence electrons. The molecular weight excluding hydrogens is 344 g/mol. The van der Waals surface area contributed by atoms with Gasteiger partial charge in [0, 0.05) is 19.2 Å². The number of carbonyl (C=O) groups excluding carboxylic acids is 1. The number of aromatic nitrogens is 1. The van der Waals surface area contributed by atoms with Gasteiger partial charge in [-0.25, -0.2) is 4.98 Å². The molecule has 0 saturated carbocycles. The van der Waals surface area contributed by atoms with Gasteiger partial charge in [0.25, 0.3) is 5.69 Å². The second kappa shape index (κ2) is 7.89. The van der Waals surface area contributed by atoms with Crippen LogP contribution in [0.25, 0.3) is 0 Å². The fourth-order valence-electron chi connectivity index (χ4n) is 1.55. The van der Waals surface area contributed by atoms with Gasteiger partial charge in [-0.2, -0.15) is 0 Å². The number of nitrogens with zero attached hydrogens (tertiary/aromatic N) is 2. The molecule has 1 heterocycles. The summed E-state index contributed by atoms with van der Waals surface area (Å²) in [6, 6.07) is -0.536. The molecule has 0 fully saturated rings. The molecule has 0 radical (unpaired) electrons. The third-order valence-corrected chi connectivity index (χ3v) is 3.76. The van der Waals surface area contributed by atoms with Crippen LogP contribution in [-0.4, -0.2) is 42.1 Å². The molecule has 0 aliphatic rings. The largest absolute Gasteiger partial charge is 0.383 e. The van der Waals surface area contributed by atoms with E-state index in [9.17, 15) is 14.9 Å². The quantitative estimate of drug-likeness (QED) is 0.434. The lowest BCUT2D eigenvalue weighted by Gasteiger charge is -2.16. The summed E-state index contributed by atoms with van der Waals surface area (Å²) in [6.07, 6.45) is 1.16. The first-order chi connectivity index (χ1) is 9.88. The first-order valence-corrected chi connectivity index (χ1v) is 7.00. The summed E-state index contributed by atoms with van der Waals surface area (Å²) in [5.74, 6) is 0.171. The Morgan fingerprint density at radius 1 is 1.62 bits per heavy atom. The summed E-state index contributed by atoms with van der Waals surface area (Å²) in [5.41, 5.74) is 0.370. The lowest BCUT2D eigenvalue weighted by Crippen LogP contribution is -2.39. The van der Waals surface area contributed by atoms with E-state index in [4.69, 9.17) is 4.74 Å². The van der Waals surface area contributed by atoms with Gasteiger partial charge in [0.05, 0.1) is 16.0 Å². The number of pyridine rings is 1. The van der Waals surface area contributed by atoms with Gasteiger partial charge in [-0.3, -0.25) is 14.9 Å². The van der Waals surface area contributed by atoms with E-state index in [1.54, 1.807) is 21.0 Å². The van der Waals surface area contributed by atoms with E-state index in [-0.39, 0.29) is 11.6 Å². The second-order valence-corrected chi connectivity index (χ2v) is 5.13. The van der Waals surface area contributed by atoms with Gasteiger partial charge in [0.2, 0.25) is 5.91 Å². The van der Waals surface area contributed by atoms with E-state index in [2.05, 4.69) is 31.5 Å². The fourth-order valence-corrected chi connectivity index (χ4v) is 1.97. The van der Waals surface area contributed by atoms with Crippen LogP contribution in [0.15, 0.2) is 10.7 Å². The van der Waals surface area contributed by atoms with Crippen LogP contribution in [0.5, 0.6) is 0 Å². The van der Waals surface area contributed by atoms with Crippen LogP contribution in [0.2, 0.25) is 0 Å². The molecule has 0 aliphatic carbocycles. The van der Waals surface area contributed by atoms with Crippen LogP contribution in [0.1, 0.15) is 12.5 Å². The molecule has 9 heteroatoms. The van der Waals surface area contributed by atoms with E-state index in [1.165, 1.54) is 0 Å². The topological polar surface area (TPSA) is 106 Å². The number of nitro groups is 1. The molecule has 0 saturated heterocycles. The molecule has 1 rings (SSSR count). The minimum Gasteiger partial charge on any atom is -0.383 e.